The smallest absolute Gasteiger partial charge is 0.159 e. The topological polar surface area (TPSA) is 37.8 Å². The largest absolute Gasteiger partial charge is 0.310 e. The highest BCUT2D eigenvalue weighted by Gasteiger charge is 2.19. The van der Waals surface area contributed by atoms with E-state index in [0.717, 1.165) is 35.3 Å². The van der Waals surface area contributed by atoms with E-state index < -0.39 is 0 Å². The van der Waals surface area contributed by atoms with Gasteiger partial charge in [-0.3, -0.25) is 0 Å². The number of nitrogens with one attached hydrogen (secondary N) is 1. The lowest BCUT2D eigenvalue weighted by Crippen LogP contribution is -2.15. The first kappa shape index (κ1) is 13.6. The minimum absolute atomic E-state index is 0.721. The van der Waals surface area contributed by atoms with Crippen molar-refractivity contribution in [1.29, 1.82) is 0 Å². The molecule has 1 aromatic heterocycles. The standard InChI is InChI=1S/C16H19N3S/c1-2-20-15-7-3-13(4-8-15)16-18-10-12(11-19-16)9-17-14-5-6-14/h3-4,7-8,10-11,14,17H,2,5-6,9H2,1H3. The van der Waals surface area contributed by atoms with Gasteiger partial charge < -0.3 is 5.32 Å². The van der Waals surface area contributed by atoms with E-state index in [1.807, 2.05) is 24.2 Å². The van der Waals surface area contributed by atoms with E-state index in [1.54, 1.807) is 0 Å². The first-order chi connectivity index (χ1) is 9.85. The Morgan fingerprint density at radius 2 is 1.85 bits per heavy atom. The summed E-state index contributed by atoms with van der Waals surface area (Å²) >= 11 is 1.85. The van der Waals surface area contributed by atoms with Gasteiger partial charge in [0.2, 0.25) is 0 Å². The highest BCUT2D eigenvalue weighted by atomic mass is 32.2. The summed E-state index contributed by atoms with van der Waals surface area (Å²) in [6.07, 6.45) is 6.46. The fraction of sp³-hybridized carbons (Fsp3) is 0.375. The molecule has 1 aliphatic carbocycles. The maximum atomic E-state index is 4.47. The second-order valence-electron chi connectivity index (χ2n) is 5.03. The molecule has 0 unspecified atom stereocenters. The number of thioether (sulfide) groups is 1. The van der Waals surface area contributed by atoms with Crippen LogP contribution in [-0.2, 0) is 6.54 Å². The summed E-state index contributed by atoms with van der Waals surface area (Å²) in [6, 6.07) is 9.17. The lowest BCUT2D eigenvalue weighted by Gasteiger charge is -2.05. The molecule has 1 fully saturated rings. The number of hydrogen-bond donors (Lipinski definition) is 1. The quantitative estimate of drug-likeness (QED) is 0.824. The Labute approximate surface area is 124 Å². The lowest BCUT2D eigenvalue weighted by atomic mass is 10.2. The van der Waals surface area contributed by atoms with Crippen molar-refractivity contribution in [3.8, 4) is 11.4 Å². The van der Waals surface area contributed by atoms with Crippen LogP contribution in [0.4, 0.5) is 0 Å². The van der Waals surface area contributed by atoms with Gasteiger partial charge in [0.15, 0.2) is 5.82 Å². The van der Waals surface area contributed by atoms with Gasteiger partial charge in [-0.2, -0.15) is 0 Å². The third-order valence-electron chi connectivity index (χ3n) is 3.30. The van der Waals surface area contributed by atoms with Gasteiger partial charge in [0.25, 0.3) is 0 Å². The summed E-state index contributed by atoms with van der Waals surface area (Å²) in [6.45, 7) is 3.03. The van der Waals surface area contributed by atoms with Crippen LogP contribution in [0.5, 0.6) is 0 Å². The molecule has 0 radical (unpaired) electrons. The van der Waals surface area contributed by atoms with Crippen LogP contribution in [0.1, 0.15) is 25.3 Å². The number of benzene rings is 1. The molecule has 1 saturated carbocycles. The van der Waals surface area contributed by atoms with Crippen LogP contribution in [0.15, 0.2) is 41.6 Å². The van der Waals surface area contributed by atoms with Gasteiger partial charge in [0, 0.05) is 41.0 Å². The van der Waals surface area contributed by atoms with Crippen LogP contribution in [0, 0.1) is 0 Å². The summed E-state index contributed by atoms with van der Waals surface area (Å²) in [5, 5.41) is 3.47. The lowest BCUT2D eigenvalue weighted by molar-refractivity contribution is 0.683. The van der Waals surface area contributed by atoms with Crippen molar-refractivity contribution in [2.24, 2.45) is 0 Å². The molecule has 0 amide bonds. The first-order valence-corrected chi connectivity index (χ1v) is 8.11. The van der Waals surface area contributed by atoms with E-state index in [-0.39, 0.29) is 0 Å². The minimum Gasteiger partial charge on any atom is -0.310 e. The highest BCUT2D eigenvalue weighted by Crippen LogP contribution is 2.22. The molecule has 0 aliphatic heterocycles. The van der Waals surface area contributed by atoms with Crippen LogP contribution >= 0.6 is 11.8 Å². The van der Waals surface area contributed by atoms with E-state index in [1.165, 1.54) is 17.7 Å². The predicted molar refractivity (Wildman–Crippen MR) is 83.7 cm³/mol. The molecule has 0 spiro atoms. The molecule has 4 heteroatoms. The Bertz CT molecular complexity index is 547. The van der Waals surface area contributed by atoms with Gasteiger partial charge in [-0.15, -0.1) is 11.8 Å². The molecule has 1 aromatic carbocycles. The van der Waals surface area contributed by atoms with Crippen LogP contribution in [0.3, 0.4) is 0 Å². The molecule has 104 valence electrons. The highest BCUT2D eigenvalue weighted by molar-refractivity contribution is 7.99. The SMILES string of the molecule is CCSc1ccc(-c2ncc(CNC3CC3)cn2)cc1. The number of hydrogen-bond acceptors (Lipinski definition) is 4. The third-order valence-corrected chi connectivity index (χ3v) is 4.20. The molecule has 0 saturated heterocycles. The van der Waals surface area contributed by atoms with Gasteiger partial charge in [0.1, 0.15) is 0 Å². The molecule has 3 nitrogen and oxygen atoms in total. The Morgan fingerprint density at radius 1 is 1.15 bits per heavy atom. The normalized spacial score (nSPS) is 14.4. The van der Waals surface area contributed by atoms with Gasteiger partial charge in [-0.05, 0) is 30.7 Å². The van der Waals surface area contributed by atoms with Gasteiger partial charge >= 0.3 is 0 Å². The fourth-order valence-electron chi connectivity index (χ4n) is 2.01. The molecular weight excluding hydrogens is 266 g/mol. The number of rotatable bonds is 6. The third kappa shape index (κ3) is 3.58. The van der Waals surface area contributed by atoms with Gasteiger partial charge in [0.05, 0.1) is 0 Å². The molecule has 3 rings (SSSR count). The number of aromatic nitrogens is 2. The second kappa shape index (κ2) is 6.37. The molecule has 1 N–H and O–H groups in total. The van der Waals surface area contributed by atoms with Crippen molar-refractivity contribution >= 4 is 11.8 Å². The van der Waals surface area contributed by atoms with Gasteiger partial charge in [-0.25, -0.2) is 9.97 Å². The van der Waals surface area contributed by atoms with Crippen LogP contribution in [-0.4, -0.2) is 21.8 Å². The monoisotopic (exact) mass is 285 g/mol. The first-order valence-electron chi connectivity index (χ1n) is 7.12. The summed E-state index contributed by atoms with van der Waals surface area (Å²) in [4.78, 5) is 10.2. The van der Waals surface area contributed by atoms with Crippen LogP contribution < -0.4 is 5.32 Å². The van der Waals surface area contributed by atoms with E-state index in [0.29, 0.717) is 0 Å². The molecule has 0 atom stereocenters. The predicted octanol–water partition coefficient (Wildman–Crippen LogP) is 3.51. The summed E-state index contributed by atoms with van der Waals surface area (Å²) in [5.74, 6) is 1.90. The molecule has 1 aliphatic rings. The van der Waals surface area contributed by atoms with Crippen molar-refractivity contribution < 1.29 is 0 Å². The van der Waals surface area contributed by atoms with E-state index in [4.69, 9.17) is 0 Å². The van der Waals surface area contributed by atoms with Crippen molar-refractivity contribution in [2.45, 2.75) is 37.2 Å². The molecular formula is C16H19N3S. The second-order valence-corrected chi connectivity index (χ2v) is 6.36. The van der Waals surface area contributed by atoms with Crippen molar-refractivity contribution in [3.05, 3.63) is 42.2 Å². The number of nitrogens with zero attached hydrogens (tertiary/aromatic N) is 2. The van der Waals surface area contributed by atoms with Crippen molar-refractivity contribution in [2.75, 3.05) is 5.75 Å². The zero-order chi connectivity index (χ0) is 13.8. The van der Waals surface area contributed by atoms with E-state index in [9.17, 15) is 0 Å². The molecule has 0 bridgehead atoms. The zero-order valence-electron chi connectivity index (χ0n) is 11.7. The average Bonchev–Trinajstić information content (AvgIpc) is 3.31. The summed E-state index contributed by atoms with van der Waals surface area (Å²) in [5.41, 5.74) is 2.23. The van der Waals surface area contributed by atoms with Crippen LogP contribution in [0.2, 0.25) is 0 Å². The molecule has 1 heterocycles. The Morgan fingerprint density at radius 3 is 2.45 bits per heavy atom. The minimum atomic E-state index is 0.721. The van der Waals surface area contributed by atoms with Crippen molar-refractivity contribution in [3.63, 3.8) is 0 Å². The van der Waals surface area contributed by atoms with E-state index >= 15 is 0 Å². The molecule has 2 aromatic rings. The Hall–Kier alpha value is -1.39. The van der Waals surface area contributed by atoms with E-state index in [2.05, 4.69) is 46.5 Å². The summed E-state index contributed by atoms with van der Waals surface area (Å²) in [7, 11) is 0. The average molecular weight is 285 g/mol. The maximum Gasteiger partial charge on any atom is 0.159 e. The van der Waals surface area contributed by atoms with Crippen LogP contribution in [0.25, 0.3) is 11.4 Å². The molecule has 20 heavy (non-hydrogen) atoms. The van der Waals surface area contributed by atoms with Gasteiger partial charge in [-0.1, -0.05) is 19.1 Å². The zero-order valence-corrected chi connectivity index (χ0v) is 12.5. The van der Waals surface area contributed by atoms with Crippen molar-refractivity contribution in [1.82, 2.24) is 15.3 Å². The fourth-order valence-corrected chi connectivity index (χ4v) is 2.67. The Kier molecular flexibility index (Phi) is 4.33. The maximum absolute atomic E-state index is 4.47. The Balaban J connectivity index is 1.66. The summed E-state index contributed by atoms with van der Waals surface area (Å²) < 4.78 is 0.